The number of anilines is 1. The molecule has 0 spiro atoms. The number of para-hydroxylation sites is 1. The van der Waals surface area contributed by atoms with Crippen molar-refractivity contribution < 1.29 is 9.59 Å². The van der Waals surface area contributed by atoms with E-state index in [9.17, 15) is 9.59 Å². The molecule has 1 aliphatic carbocycles. The minimum atomic E-state index is -0.439. The molecule has 0 bridgehead atoms. The molecule has 1 unspecified atom stereocenters. The highest BCUT2D eigenvalue weighted by atomic mass is 16.2. The van der Waals surface area contributed by atoms with Gasteiger partial charge in [-0.25, -0.2) is 0 Å². The summed E-state index contributed by atoms with van der Waals surface area (Å²) in [6.45, 7) is 0.0258. The average molecular weight is 287 g/mol. The van der Waals surface area contributed by atoms with Gasteiger partial charge in [0.25, 0.3) is 0 Å². The summed E-state index contributed by atoms with van der Waals surface area (Å²) in [6, 6.07) is 7.83. The van der Waals surface area contributed by atoms with Crippen LogP contribution in [0.25, 0.3) is 0 Å². The van der Waals surface area contributed by atoms with Gasteiger partial charge in [-0.2, -0.15) is 0 Å². The van der Waals surface area contributed by atoms with Crippen LogP contribution in [0.15, 0.2) is 24.3 Å². The third-order valence-electron chi connectivity index (χ3n) is 4.44. The first-order valence-electron chi connectivity index (χ1n) is 7.58. The highest BCUT2D eigenvalue weighted by Crippen LogP contribution is 2.29. The van der Waals surface area contributed by atoms with Crippen molar-refractivity contribution in [2.24, 2.45) is 5.73 Å². The van der Waals surface area contributed by atoms with Gasteiger partial charge in [-0.1, -0.05) is 31.0 Å². The molecule has 1 heterocycles. The molecule has 112 valence electrons. The van der Waals surface area contributed by atoms with Crippen molar-refractivity contribution >= 4 is 17.5 Å². The number of rotatable bonds is 4. The van der Waals surface area contributed by atoms with Crippen molar-refractivity contribution in [1.29, 1.82) is 0 Å². The Morgan fingerprint density at radius 2 is 1.95 bits per heavy atom. The number of carbonyl (C=O) groups excluding carboxylic acids is 2. The molecule has 1 fully saturated rings. The molecule has 5 nitrogen and oxygen atoms in total. The minimum absolute atomic E-state index is 0.00287. The smallest absolute Gasteiger partial charge is 0.246 e. The lowest BCUT2D eigenvalue weighted by Crippen LogP contribution is -2.50. The molecule has 1 aliphatic heterocycles. The first-order valence-corrected chi connectivity index (χ1v) is 7.58. The Morgan fingerprint density at radius 3 is 2.62 bits per heavy atom. The molecular weight excluding hydrogens is 266 g/mol. The lowest BCUT2D eigenvalue weighted by Gasteiger charge is -2.30. The second-order valence-electron chi connectivity index (χ2n) is 5.93. The summed E-state index contributed by atoms with van der Waals surface area (Å²) in [5, 5.41) is 3.27. The number of amides is 2. The van der Waals surface area contributed by atoms with Crippen molar-refractivity contribution in [3.8, 4) is 0 Å². The zero-order valence-electron chi connectivity index (χ0n) is 12.0. The van der Waals surface area contributed by atoms with Crippen LogP contribution in [0.4, 0.5) is 5.69 Å². The fourth-order valence-electron chi connectivity index (χ4n) is 3.42. The van der Waals surface area contributed by atoms with Crippen LogP contribution in [0.5, 0.6) is 0 Å². The number of nitrogens with zero attached hydrogens (tertiary/aromatic N) is 1. The second-order valence-corrected chi connectivity index (χ2v) is 5.93. The number of hydrogen-bond acceptors (Lipinski definition) is 3. The van der Waals surface area contributed by atoms with Gasteiger partial charge in [0.05, 0.1) is 6.54 Å². The van der Waals surface area contributed by atoms with E-state index in [0.29, 0.717) is 6.42 Å². The van der Waals surface area contributed by atoms with E-state index in [0.717, 1.165) is 36.9 Å². The van der Waals surface area contributed by atoms with Crippen LogP contribution in [0.1, 0.15) is 31.2 Å². The summed E-state index contributed by atoms with van der Waals surface area (Å²) in [4.78, 5) is 25.8. The molecule has 1 atom stereocenters. The lowest BCUT2D eigenvalue weighted by atomic mass is 10.1. The maximum Gasteiger partial charge on any atom is 0.246 e. The topological polar surface area (TPSA) is 75.4 Å². The summed E-state index contributed by atoms with van der Waals surface area (Å²) < 4.78 is 0. The summed E-state index contributed by atoms with van der Waals surface area (Å²) in [5.74, 6) is -0.442. The van der Waals surface area contributed by atoms with Gasteiger partial charge in [0.2, 0.25) is 11.8 Å². The van der Waals surface area contributed by atoms with E-state index < -0.39 is 5.91 Å². The molecule has 5 heteroatoms. The van der Waals surface area contributed by atoms with Gasteiger partial charge in [-0.3, -0.25) is 9.59 Å². The van der Waals surface area contributed by atoms with Crippen molar-refractivity contribution in [2.45, 2.75) is 44.2 Å². The predicted molar refractivity (Wildman–Crippen MR) is 80.7 cm³/mol. The van der Waals surface area contributed by atoms with Crippen LogP contribution in [0, 0.1) is 0 Å². The summed E-state index contributed by atoms with van der Waals surface area (Å²) >= 11 is 0. The fourth-order valence-corrected chi connectivity index (χ4v) is 3.42. The van der Waals surface area contributed by atoms with Crippen molar-refractivity contribution in [3.63, 3.8) is 0 Å². The van der Waals surface area contributed by atoms with Crippen LogP contribution in [-0.2, 0) is 16.0 Å². The van der Waals surface area contributed by atoms with Gasteiger partial charge in [0.1, 0.15) is 6.04 Å². The molecule has 1 aromatic rings. The third-order valence-corrected chi connectivity index (χ3v) is 4.44. The Bertz CT molecular complexity index is 527. The van der Waals surface area contributed by atoms with Gasteiger partial charge >= 0.3 is 0 Å². The Balaban J connectivity index is 1.74. The van der Waals surface area contributed by atoms with Crippen LogP contribution in [0.3, 0.4) is 0 Å². The predicted octanol–water partition coefficient (Wildman–Crippen LogP) is 1.28. The van der Waals surface area contributed by atoms with Crippen LogP contribution >= 0.6 is 0 Å². The van der Waals surface area contributed by atoms with E-state index in [-0.39, 0.29) is 24.5 Å². The number of benzene rings is 1. The first kappa shape index (κ1) is 13.9. The van der Waals surface area contributed by atoms with Gasteiger partial charge in [-0.05, 0) is 24.5 Å². The van der Waals surface area contributed by atoms with Crippen molar-refractivity contribution in [3.05, 3.63) is 29.8 Å². The monoisotopic (exact) mass is 287 g/mol. The minimum Gasteiger partial charge on any atom is -0.373 e. The average Bonchev–Trinajstić information content (AvgIpc) is 3.12. The third kappa shape index (κ3) is 2.86. The lowest BCUT2D eigenvalue weighted by molar-refractivity contribution is -0.138. The van der Waals surface area contributed by atoms with Crippen molar-refractivity contribution in [2.75, 3.05) is 11.9 Å². The highest BCUT2D eigenvalue weighted by Gasteiger charge is 2.35. The maximum absolute atomic E-state index is 12.8. The fraction of sp³-hybridized carbons (Fsp3) is 0.500. The number of fused-ring (bicyclic) bond motifs is 1. The molecule has 3 rings (SSSR count). The molecule has 0 saturated heterocycles. The van der Waals surface area contributed by atoms with Crippen LogP contribution in [-0.4, -0.2) is 35.3 Å². The summed E-state index contributed by atoms with van der Waals surface area (Å²) in [7, 11) is 0. The number of nitrogens with one attached hydrogen (secondary N) is 1. The van der Waals surface area contributed by atoms with Crippen molar-refractivity contribution in [1.82, 2.24) is 4.90 Å². The van der Waals surface area contributed by atoms with E-state index in [2.05, 4.69) is 5.32 Å². The van der Waals surface area contributed by atoms with E-state index >= 15 is 0 Å². The van der Waals surface area contributed by atoms with E-state index in [1.807, 2.05) is 24.3 Å². The van der Waals surface area contributed by atoms with Gasteiger partial charge in [-0.15, -0.1) is 0 Å². The highest BCUT2D eigenvalue weighted by molar-refractivity contribution is 5.90. The molecule has 0 radical (unpaired) electrons. The van der Waals surface area contributed by atoms with E-state index in [1.165, 1.54) is 0 Å². The quantitative estimate of drug-likeness (QED) is 0.876. The van der Waals surface area contributed by atoms with Gasteiger partial charge < -0.3 is 16.0 Å². The van der Waals surface area contributed by atoms with E-state index in [4.69, 9.17) is 5.73 Å². The zero-order chi connectivity index (χ0) is 14.8. The Labute approximate surface area is 124 Å². The standard InChI is InChI=1S/C16H21N3O2/c17-15(20)10-19(12-6-2-3-7-12)16(21)14-9-11-5-1-4-8-13(11)18-14/h1,4-5,8,12,14,18H,2-3,6-7,9-10H2,(H2,17,20). The van der Waals surface area contributed by atoms with E-state index in [1.54, 1.807) is 4.90 Å². The Kier molecular flexibility index (Phi) is 3.82. The zero-order valence-corrected chi connectivity index (χ0v) is 12.0. The number of carbonyl (C=O) groups is 2. The molecule has 2 amide bonds. The molecule has 2 aliphatic rings. The Morgan fingerprint density at radius 1 is 1.24 bits per heavy atom. The molecule has 1 aromatic carbocycles. The number of hydrogen-bond donors (Lipinski definition) is 2. The second kappa shape index (κ2) is 5.76. The molecule has 1 saturated carbocycles. The van der Waals surface area contributed by atoms with Gasteiger partial charge in [0, 0.05) is 18.2 Å². The largest absolute Gasteiger partial charge is 0.373 e. The molecule has 0 aromatic heterocycles. The van der Waals surface area contributed by atoms with Gasteiger partial charge in [0.15, 0.2) is 0 Å². The van der Waals surface area contributed by atoms with Crippen LogP contribution in [0.2, 0.25) is 0 Å². The maximum atomic E-state index is 12.8. The summed E-state index contributed by atoms with van der Waals surface area (Å²) in [6.07, 6.45) is 4.85. The number of nitrogens with two attached hydrogens (primary N) is 1. The van der Waals surface area contributed by atoms with Crippen LogP contribution < -0.4 is 11.1 Å². The summed E-state index contributed by atoms with van der Waals surface area (Å²) in [5.41, 5.74) is 7.50. The SMILES string of the molecule is NC(=O)CN(C(=O)C1Cc2ccccc2N1)C1CCCC1. The normalized spacial score (nSPS) is 20.9. The molecule has 21 heavy (non-hydrogen) atoms. The molecule has 3 N–H and O–H groups in total. The first-order chi connectivity index (χ1) is 10.1. The Hall–Kier alpha value is -2.04. The number of primary amides is 1. The molecular formula is C16H21N3O2.